The molecular formula is C22H28CuN2O10. The van der Waals surface area contributed by atoms with Crippen molar-refractivity contribution in [3.8, 4) is 0 Å². The van der Waals surface area contributed by atoms with Crippen molar-refractivity contribution in [2.24, 2.45) is 0 Å². The minimum Gasteiger partial charge on any atom is -0.875 e. The normalized spacial score (nSPS) is 16.8. The van der Waals surface area contributed by atoms with Crippen molar-refractivity contribution in [3.63, 3.8) is 0 Å². The summed E-state index contributed by atoms with van der Waals surface area (Å²) < 4.78 is 9.15. The van der Waals surface area contributed by atoms with Crippen LogP contribution in [0.15, 0.2) is 46.3 Å². The van der Waals surface area contributed by atoms with E-state index in [-0.39, 0.29) is 28.6 Å². The molecule has 0 spiro atoms. The average Bonchev–Trinajstić information content (AvgIpc) is 2.67. The number of ether oxygens (including phenoxy) is 2. The molecule has 1 radical (unpaired) electrons. The standard InChI is InChI=1S/2C8H8O4.2C3H7NO.Cu/c2*1-4-3-6(10)7(5(2)9)8(11)12-4;2*1-4(2)3-5;/h2*3,9H,1-2H3;2*3H,1-2H3;/q;;;;+2/p-2/b2*7-5+;;;. The summed E-state index contributed by atoms with van der Waals surface area (Å²) in [4.78, 5) is 65.6. The second-order valence-corrected chi connectivity index (χ2v) is 7.02. The molecule has 0 bridgehead atoms. The number of amides is 2. The summed E-state index contributed by atoms with van der Waals surface area (Å²) in [5.74, 6) is -3.54. The second-order valence-electron chi connectivity index (χ2n) is 7.02. The molecule has 0 saturated carbocycles. The zero-order valence-corrected chi connectivity index (χ0v) is 21.5. The Hall–Kier alpha value is -3.70. The van der Waals surface area contributed by atoms with Gasteiger partial charge in [-0.25, -0.2) is 9.59 Å². The molecule has 0 N–H and O–H groups in total. The van der Waals surface area contributed by atoms with E-state index in [4.69, 9.17) is 0 Å². The Bertz CT molecular complexity index is 860. The van der Waals surface area contributed by atoms with Crippen LogP contribution in [0.1, 0.15) is 27.7 Å². The zero-order valence-electron chi connectivity index (χ0n) is 20.6. The van der Waals surface area contributed by atoms with Gasteiger partial charge < -0.3 is 29.5 Å². The minimum atomic E-state index is -0.854. The first-order valence-electron chi connectivity index (χ1n) is 9.47. The van der Waals surface area contributed by atoms with Gasteiger partial charge in [-0.15, -0.1) is 11.5 Å². The Balaban J connectivity index is -0.000000419. The maximum absolute atomic E-state index is 11.0. The number of nitrogens with zero attached hydrogens (tertiary/aromatic N) is 2. The molecule has 0 unspecified atom stereocenters. The minimum absolute atomic E-state index is 0. The first kappa shape index (κ1) is 35.9. The van der Waals surface area contributed by atoms with Crippen LogP contribution < -0.4 is 10.2 Å². The number of carbonyl (C=O) groups is 6. The quantitative estimate of drug-likeness (QED) is 0.102. The first-order valence-corrected chi connectivity index (χ1v) is 9.47. The molecule has 0 aromatic rings. The van der Waals surface area contributed by atoms with Gasteiger partial charge >= 0.3 is 29.0 Å². The number of hydrogen-bond acceptors (Lipinski definition) is 10. The molecule has 2 amide bonds. The topological polar surface area (TPSA) is 173 Å². The second kappa shape index (κ2) is 17.7. The fraction of sp³-hybridized carbons (Fsp3) is 0.364. The predicted molar refractivity (Wildman–Crippen MR) is 115 cm³/mol. The third-order valence-electron chi connectivity index (χ3n) is 3.20. The number of carbonyl (C=O) groups excluding carboxylic acids is 6. The van der Waals surface area contributed by atoms with Crippen molar-refractivity contribution in [2.45, 2.75) is 27.7 Å². The van der Waals surface area contributed by atoms with Crippen molar-refractivity contribution in [3.05, 3.63) is 46.3 Å². The van der Waals surface area contributed by atoms with Crippen LogP contribution in [0, 0.1) is 0 Å². The SMILES string of the molecule is CC1=CC(=O)/C(=C(/C)[O-])C(=O)O1.CC1=CC(=O)/C(=C(/C)[O-])C(=O)O1.CN(C)C=O.CN(C)C=O.[Cu+2]. The summed E-state index contributed by atoms with van der Waals surface area (Å²) in [5.41, 5.74) is -0.804. The summed E-state index contributed by atoms with van der Waals surface area (Å²) in [6, 6.07) is 0. The van der Waals surface area contributed by atoms with Gasteiger partial charge in [0.15, 0.2) is 11.6 Å². The monoisotopic (exact) mass is 543 g/mol. The van der Waals surface area contributed by atoms with Crippen LogP contribution in [-0.4, -0.2) is 74.3 Å². The Morgan fingerprint density at radius 3 is 1.09 bits per heavy atom. The van der Waals surface area contributed by atoms with E-state index < -0.39 is 46.2 Å². The van der Waals surface area contributed by atoms with E-state index in [1.807, 2.05) is 0 Å². The van der Waals surface area contributed by atoms with Gasteiger partial charge in [-0.1, -0.05) is 13.8 Å². The van der Waals surface area contributed by atoms with E-state index in [0.717, 1.165) is 38.8 Å². The van der Waals surface area contributed by atoms with Crippen molar-refractivity contribution in [1.82, 2.24) is 9.80 Å². The molecule has 35 heavy (non-hydrogen) atoms. The van der Waals surface area contributed by atoms with Gasteiger partial charge in [-0.3, -0.25) is 19.2 Å². The van der Waals surface area contributed by atoms with Gasteiger partial charge in [-0.05, 0) is 13.8 Å². The number of rotatable bonds is 2. The Morgan fingerprint density at radius 1 is 0.714 bits per heavy atom. The summed E-state index contributed by atoms with van der Waals surface area (Å²) in [7, 11) is 6.75. The van der Waals surface area contributed by atoms with Gasteiger partial charge in [0.2, 0.25) is 12.8 Å². The molecular weight excluding hydrogens is 516 g/mol. The summed E-state index contributed by atoms with van der Waals surface area (Å²) in [6.07, 6.45) is 3.75. The molecule has 0 aliphatic carbocycles. The van der Waals surface area contributed by atoms with Gasteiger partial charge in [-0.2, -0.15) is 0 Å². The third kappa shape index (κ3) is 14.9. The van der Waals surface area contributed by atoms with Crippen molar-refractivity contribution in [2.75, 3.05) is 28.2 Å². The van der Waals surface area contributed by atoms with Crippen LogP contribution in [0.2, 0.25) is 0 Å². The largest absolute Gasteiger partial charge is 2.00 e. The molecule has 0 fully saturated rings. The van der Waals surface area contributed by atoms with Gasteiger partial charge in [0.25, 0.3) is 0 Å². The van der Waals surface area contributed by atoms with Crippen LogP contribution in [0.5, 0.6) is 0 Å². The molecule has 0 atom stereocenters. The molecule has 0 aromatic heterocycles. The Labute approximate surface area is 214 Å². The average molecular weight is 544 g/mol. The van der Waals surface area contributed by atoms with Crippen LogP contribution in [0.4, 0.5) is 0 Å². The van der Waals surface area contributed by atoms with Gasteiger partial charge in [0.1, 0.15) is 11.5 Å². The van der Waals surface area contributed by atoms with Crippen LogP contribution in [0.25, 0.3) is 0 Å². The molecule has 0 saturated heterocycles. The molecule has 2 aliphatic rings. The van der Waals surface area contributed by atoms with Gasteiger partial charge in [0.05, 0.1) is 11.1 Å². The number of hydrogen-bond donors (Lipinski definition) is 0. The summed E-state index contributed by atoms with van der Waals surface area (Å²) >= 11 is 0. The number of esters is 2. The maximum atomic E-state index is 11.0. The maximum Gasteiger partial charge on any atom is 2.00 e. The summed E-state index contributed by atoms with van der Waals surface area (Å²) in [6.45, 7) is 5.27. The molecule has 0 aromatic carbocycles. The number of ketones is 2. The summed E-state index contributed by atoms with van der Waals surface area (Å²) in [5, 5.41) is 21.5. The number of cyclic esters (lactones) is 2. The predicted octanol–water partition coefficient (Wildman–Crippen LogP) is -1.29. The number of allylic oxidation sites excluding steroid dienone is 6. The zero-order chi connectivity index (χ0) is 27.2. The van der Waals surface area contributed by atoms with Crippen molar-refractivity contribution >= 4 is 36.3 Å². The Kier molecular flexibility index (Phi) is 18.2. The van der Waals surface area contributed by atoms with Crippen molar-refractivity contribution < 1.29 is 65.5 Å². The van der Waals surface area contributed by atoms with E-state index in [1.54, 1.807) is 28.2 Å². The smallest absolute Gasteiger partial charge is 0.875 e. The molecule has 2 rings (SSSR count). The van der Waals surface area contributed by atoms with Crippen LogP contribution in [0.3, 0.4) is 0 Å². The van der Waals surface area contributed by atoms with E-state index in [9.17, 15) is 39.0 Å². The van der Waals surface area contributed by atoms with E-state index in [2.05, 4.69) is 9.47 Å². The first-order chi connectivity index (χ1) is 15.6. The van der Waals surface area contributed by atoms with Crippen molar-refractivity contribution in [1.29, 1.82) is 0 Å². The van der Waals surface area contributed by atoms with Crippen LogP contribution in [-0.2, 0) is 55.3 Å². The van der Waals surface area contributed by atoms with E-state index in [1.165, 1.54) is 23.6 Å². The fourth-order valence-corrected chi connectivity index (χ4v) is 1.80. The van der Waals surface area contributed by atoms with Gasteiger partial charge in [0, 0.05) is 40.3 Å². The molecule has 2 aliphatic heterocycles. The molecule has 12 nitrogen and oxygen atoms in total. The fourth-order valence-electron chi connectivity index (χ4n) is 1.80. The van der Waals surface area contributed by atoms with Crippen LogP contribution >= 0.6 is 0 Å². The van der Waals surface area contributed by atoms with E-state index in [0.29, 0.717) is 0 Å². The molecule has 197 valence electrons. The van der Waals surface area contributed by atoms with E-state index >= 15 is 0 Å². The molecule has 2 heterocycles. The molecule has 13 heteroatoms. The third-order valence-corrected chi connectivity index (χ3v) is 3.20. The Morgan fingerprint density at radius 2 is 0.943 bits per heavy atom.